The number of rotatable bonds is 7. The number of carbonyl (C=O) groups is 1. The summed E-state index contributed by atoms with van der Waals surface area (Å²) in [6.45, 7) is 2.18. The number of carbonyl (C=O) groups excluding carboxylic acids is 1. The van der Waals surface area contributed by atoms with Gasteiger partial charge in [0, 0.05) is 30.2 Å². The number of nitrogens with one attached hydrogen (secondary N) is 3. The number of H-pyrrole nitrogens is 1. The highest BCUT2D eigenvalue weighted by Crippen LogP contribution is 2.32. The molecule has 29 heavy (non-hydrogen) atoms. The van der Waals surface area contributed by atoms with Crippen LogP contribution in [0.4, 0.5) is 18.0 Å². The maximum absolute atomic E-state index is 14.2. The summed E-state index contributed by atoms with van der Waals surface area (Å²) in [6, 6.07) is 7.31. The summed E-state index contributed by atoms with van der Waals surface area (Å²) in [5.74, 6) is -1.83. The van der Waals surface area contributed by atoms with Crippen LogP contribution in [0.3, 0.4) is 0 Å². The van der Waals surface area contributed by atoms with Gasteiger partial charge in [0.1, 0.15) is 17.5 Å². The predicted molar refractivity (Wildman–Crippen MR) is 105 cm³/mol. The quantitative estimate of drug-likeness (QED) is 0.482. The van der Waals surface area contributed by atoms with E-state index in [1.54, 1.807) is 19.1 Å². The van der Waals surface area contributed by atoms with Gasteiger partial charge in [-0.3, -0.25) is 0 Å². The molecule has 0 bridgehead atoms. The minimum atomic E-state index is -0.724. The van der Waals surface area contributed by atoms with Gasteiger partial charge < -0.3 is 20.7 Å². The van der Waals surface area contributed by atoms with Gasteiger partial charge in [-0.25, -0.2) is 18.0 Å². The van der Waals surface area contributed by atoms with E-state index >= 15 is 0 Å². The molecule has 0 saturated heterocycles. The van der Waals surface area contributed by atoms with E-state index in [1.807, 2.05) is 0 Å². The molecule has 0 aliphatic carbocycles. The summed E-state index contributed by atoms with van der Waals surface area (Å²) in [5, 5.41) is 14.9. The van der Waals surface area contributed by atoms with E-state index in [2.05, 4.69) is 15.6 Å². The summed E-state index contributed by atoms with van der Waals surface area (Å²) >= 11 is 0. The first kappa shape index (κ1) is 20.7. The van der Waals surface area contributed by atoms with E-state index < -0.39 is 29.6 Å². The number of urea groups is 1. The van der Waals surface area contributed by atoms with Gasteiger partial charge in [0.2, 0.25) is 0 Å². The Balaban J connectivity index is 1.82. The molecule has 1 aromatic heterocycles. The average molecular weight is 405 g/mol. The fraction of sp³-hybridized carbons (Fsp3) is 0.286. The van der Waals surface area contributed by atoms with Gasteiger partial charge in [-0.05, 0) is 61.2 Å². The molecule has 2 amide bonds. The third kappa shape index (κ3) is 5.08. The number of benzene rings is 2. The van der Waals surface area contributed by atoms with Crippen molar-refractivity contribution in [2.45, 2.75) is 25.9 Å². The number of halogens is 3. The fourth-order valence-corrected chi connectivity index (χ4v) is 3.15. The number of fused-ring (bicyclic) bond motifs is 1. The maximum Gasteiger partial charge on any atom is 0.314 e. The van der Waals surface area contributed by atoms with Crippen LogP contribution in [0.5, 0.6) is 0 Å². The first-order valence-electron chi connectivity index (χ1n) is 9.30. The van der Waals surface area contributed by atoms with E-state index in [4.69, 9.17) is 0 Å². The molecule has 0 aliphatic heterocycles. The van der Waals surface area contributed by atoms with Gasteiger partial charge >= 0.3 is 6.03 Å². The number of hydrogen-bond donors (Lipinski definition) is 4. The molecule has 0 aliphatic rings. The molecule has 4 N–H and O–H groups in total. The molecule has 2 aromatic carbocycles. The number of aliphatic hydroxyl groups is 1. The van der Waals surface area contributed by atoms with E-state index in [0.717, 1.165) is 6.07 Å². The molecule has 154 valence electrons. The molecular weight excluding hydrogens is 383 g/mol. The van der Waals surface area contributed by atoms with Crippen molar-refractivity contribution in [3.8, 4) is 11.3 Å². The monoisotopic (exact) mass is 405 g/mol. The maximum atomic E-state index is 14.2. The Labute approximate surface area is 165 Å². The molecule has 3 aromatic rings. The van der Waals surface area contributed by atoms with Crippen molar-refractivity contribution < 1.29 is 23.1 Å². The first-order valence-corrected chi connectivity index (χ1v) is 9.30. The number of amides is 2. The summed E-state index contributed by atoms with van der Waals surface area (Å²) in [5.41, 5.74) is 1.94. The highest BCUT2D eigenvalue weighted by molar-refractivity contribution is 5.91. The van der Waals surface area contributed by atoms with Crippen molar-refractivity contribution in [2.75, 3.05) is 13.1 Å². The van der Waals surface area contributed by atoms with Crippen LogP contribution in [0.15, 0.2) is 36.4 Å². The zero-order valence-corrected chi connectivity index (χ0v) is 15.9. The highest BCUT2D eigenvalue weighted by atomic mass is 19.1. The standard InChI is InChI=1S/C21H22F3N3O2/c1-12(28)6-8-25-21(29)26-9-7-16-17-10-15(23)11-18(24)20(17)27-19(16)13-2-4-14(22)5-3-13/h2-5,10-12,27-28H,6-9H2,1H3,(H2,25,26,29). The van der Waals surface area contributed by atoms with E-state index in [0.29, 0.717) is 41.6 Å². The van der Waals surface area contributed by atoms with E-state index in [-0.39, 0.29) is 12.1 Å². The Bertz CT molecular complexity index is 1000. The van der Waals surface area contributed by atoms with Crippen LogP contribution in [-0.2, 0) is 6.42 Å². The molecule has 0 fully saturated rings. The van der Waals surface area contributed by atoms with Gasteiger partial charge in [-0.15, -0.1) is 0 Å². The third-order valence-corrected chi connectivity index (χ3v) is 4.57. The smallest absolute Gasteiger partial charge is 0.314 e. The Morgan fingerprint density at radius 2 is 1.76 bits per heavy atom. The molecule has 0 radical (unpaired) electrons. The van der Waals surface area contributed by atoms with Crippen molar-refractivity contribution >= 4 is 16.9 Å². The van der Waals surface area contributed by atoms with Crippen LogP contribution in [-0.4, -0.2) is 35.3 Å². The normalized spacial score (nSPS) is 12.2. The van der Waals surface area contributed by atoms with Crippen molar-refractivity contribution in [1.82, 2.24) is 15.6 Å². The molecule has 1 unspecified atom stereocenters. The lowest BCUT2D eigenvalue weighted by molar-refractivity contribution is 0.183. The molecule has 8 heteroatoms. The van der Waals surface area contributed by atoms with Crippen LogP contribution in [0.25, 0.3) is 22.2 Å². The molecular formula is C21H22F3N3O2. The van der Waals surface area contributed by atoms with Crippen molar-refractivity contribution in [3.05, 3.63) is 59.4 Å². The Kier molecular flexibility index (Phi) is 6.43. The number of aromatic amines is 1. The van der Waals surface area contributed by atoms with Gasteiger partial charge in [-0.1, -0.05) is 0 Å². The lowest BCUT2D eigenvalue weighted by atomic mass is 10.0. The second-order valence-electron chi connectivity index (χ2n) is 6.87. The summed E-state index contributed by atoms with van der Waals surface area (Å²) in [6.07, 6.45) is 0.229. The summed E-state index contributed by atoms with van der Waals surface area (Å²) in [4.78, 5) is 14.8. The fourth-order valence-electron chi connectivity index (χ4n) is 3.15. The largest absolute Gasteiger partial charge is 0.393 e. The molecule has 0 spiro atoms. The topological polar surface area (TPSA) is 77.2 Å². The van der Waals surface area contributed by atoms with E-state index in [1.165, 1.54) is 18.2 Å². The predicted octanol–water partition coefficient (Wildman–Crippen LogP) is 3.86. The third-order valence-electron chi connectivity index (χ3n) is 4.57. The summed E-state index contributed by atoms with van der Waals surface area (Å²) < 4.78 is 41.3. The van der Waals surface area contributed by atoms with Crippen molar-refractivity contribution in [2.24, 2.45) is 0 Å². The van der Waals surface area contributed by atoms with Crippen LogP contribution < -0.4 is 10.6 Å². The molecule has 1 atom stereocenters. The Morgan fingerprint density at radius 1 is 1.07 bits per heavy atom. The minimum Gasteiger partial charge on any atom is -0.393 e. The molecule has 1 heterocycles. The first-order chi connectivity index (χ1) is 13.8. The second kappa shape index (κ2) is 9.00. The zero-order chi connectivity index (χ0) is 21.0. The van der Waals surface area contributed by atoms with Crippen LogP contribution in [0.2, 0.25) is 0 Å². The van der Waals surface area contributed by atoms with Crippen molar-refractivity contribution in [3.63, 3.8) is 0 Å². The zero-order valence-electron chi connectivity index (χ0n) is 15.9. The number of aromatic nitrogens is 1. The van der Waals surface area contributed by atoms with Crippen LogP contribution in [0, 0.1) is 17.5 Å². The van der Waals surface area contributed by atoms with Crippen LogP contribution >= 0.6 is 0 Å². The Morgan fingerprint density at radius 3 is 2.45 bits per heavy atom. The van der Waals surface area contributed by atoms with Gasteiger partial charge in [0.05, 0.1) is 11.6 Å². The van der Waals surface area contributed by atoms with Gasteiger partial charge in [0.25, 0.3) is 0 Å². The SMILES string of the molecule is CC(O)CCNC(=O)NCCc1c(-c2ccc(F)cc2)[nH]c2c(F)cc(F)cc12. The van der Waals surface area contributed by atoms with Gasteiger partial charge in [-0.2, -0.15) is 0 Å². The molecule has 5 nitrogen and oxygen atoms in total. The summed E-state index contributed by atoms with van der Waals surface area (Å²) in [7, 11) is 0. The highest BCUT2D eigenvalue weighted by Gasteiger charge is 2.17. The number of aliphatic hydroxyl groups excluding tert-OH is 1. The molecule has 0 saturated carbocycles. The van der Waals surface area contributed by atoms with Crippen LogP contribution in [0.1, 0.15) is 18.9 Å². The Hall–Kier alpha value is -3.00. The lowest BCUT2D eigenvalue weighted by Crippen LogP contribution is -2.37. The van der Waals surface area contributed by atoms with Gasteiger partial charge in [0.15, 0.2) is 0 Å². The number of hydrogen-bond acceptors (Lipinski definition) is 2. The van der Waals surface area contributed by atoms with Crippen molar-refractivity contribution in [1.29, 1.82) is 0 Å². The second-order valence-corrected chi connectivity index (χ2v) is 6.87. The average Bonchev–Trinajstić information content (AvgIpc) is 3.01. The minimum absolute atomic E-state index is 0.155. The molecule has 3 rings (SSSR count). The van der Waals surface area contributed by atoms with E-state index in [9.17, 15) is 23.1 Å². The lowest BCUT2D eigenvalue weighted by Gasteiger charge is -2.10.